The highest BCUT2D eigenvalue weighted by atomic mass is 19.1. The van der Waals surface area contributed by atoms with Gasteiger partial charge in [-0.3, -0.25) is 4.90 Å². The molecule has 0 aliphatic carbocycles. The van der Waals surface area contributed by atoms with Crippen LogP contribution in [0.5, 0.6) is 0 Å². The number of hydrogen-bond acceptors (Lipinski definition) is 7. The summed E-state index contributed by atoms with van der Waals surface area (Å²) in [5, 5.41) is 2.82. The number of hydrogen-bond donors (Lipinski definition) is 1. The molecule has 9 nitrogen and oxygen atoms in total. The highest BCUT2D eigenvalue weighted by Gasteiger charge is 2.41. The molecule has 11 heteroatoms. The Balaban J connectivity index is 1.54. The van der Waals surface area contributed by atoms with Crippen molar-refractivity contribution >= 4 is 12.1 Å². The Hall–Kier alpha value is -3.05. The quantitative estimate of drug-likeness (QED) is 0.573. The molecule has 1 saturated heterocycles. The molecule has 0 bridgehead atoms. The molecule has 2 aliphatic rings. The van der Waals surface area contributed by atoms with Crippen molar-refractivity contribution in [2.45, 2.75) is 84.5 Å². The fourth-order valence-electron chi connectivity index (χ4n) is 4.93. The molecule has 1 amide bonds. The number of carbonyl (C=O) groups excluding carboxylic acids is 2. The van der Waals surface area contributed by atoms with Crippen LogP contribution in [0.4, 0.5) is 13.6 Å². The van der Waals surface area contributed by atoms with Crippen molar-refractivity contribution in [2.24, 2.45) is 0 Å². The Morgan fingerprint density at radius 3 is 2.65 bits per heavy atom. The summed E-state index contributed by atoms with van der Waals surface area (Å²) in [5.41, 5.74) is 1.04. The first-order valence-electron chi connectivity index (χ1n) is 12.6. The summed E-state index contributed by atoms with van der Waals surface area (Å²) < 4.78 is 47.1. The zero-order valence-electron chi connectivity index (χ0n) is 21.8. The van der Waals surface area contributed by atoms with E-state index in [0.717, 1.165) is 29.6 Å². The Morgan fingerprint density at radius 1 is 1.22 bits per heavy atom. The average molecular weight is 521 g/mol. The summed E-state index contributed by atoms with van der Waals surface area (Å²) in [5.74, 6) is -1.36. The van der Waals surface area contributed by atoms with Gasteiger partial charge < -0.3 is 24.1 Å². The predicted octanol–water partition coefficient (Wildman–Crippen LogP) is 4.10. The maximum absolute atomic E-state index is 14.7. The first-order chi connectivity index (χ1) is 17.5. The van der Waals surface area contributed by atoms with Crippen LogP contribution >= 0.6 is 0 Å². The molecule has 1 N–H and O–H groups in total. The van der Waals surface area contributed by atoms with Gasteiger partial charge >= 0.3 is 12.1 Å². The minimum atomic E-state index is -0.887. The van der Waals surface area contributed by atoms with Crippen LogP contribution in [-0.4, -0.2) is 57.4 Å². The van der Waals surface area contributed by atoms with Gasteiger partial charge in [0, 0.05) is 31.2 Å². The van der Waals surface area contributed by atoms with Crippen LogP contribution in [-0.2, 0) is 33.8 Å². The van der Waals surface area contributed by atoms with E-state index >= 15 is 0 Å². The van der Waals surface area contributed by atoms with Crippen molar-refractivity contribution in [3.8, 4) is 0 Å². The van der Waals surface area contributed by atoms with Gasteiger partial charge in [-0.05, 0) is 59.2 Å². The van der Waals surface area contributed by atoms with Crippen molar-refractivity contribution in [2.75, 3.05) is 13.2 Å². The fraction of sp³-hybridized carbons (Fsp3) is 0.577. The van der Waals surface area contributed by atoms with E-state index in [2.05, 4.69) is 15.2 Å². The van der Waals surface area contributed by atoms with Gasteiger partial charge in [0.05, 0.1) is 30.6 Å². The highest BCUT2D eigenvalue weighted by molar-refractivity contribution is 5.86. The number of carbonyl (C=O) groups is 2. The van der Waals surface area contributed by atoms with Gasteiger partial charge in [0.2, 0.25) is 5.82 Å². The molecule has 1 aromatic heterocycles. The second-order valence-corrected chi connectivity index (χ2v) is 10.3. The van der Waals surface area contributed by atoms with Crippen LogP contribution in [0.3, 0.4) is 0 Å². The molecular formula is C26H34F2N4O5. The molecule has 1 aromatic carbocycles. The van der Waals surface area contributed by atoms with Crippen LogP contribution in [0.25, 0.3) is 0 Å². The van der Waals surface area contributed by atoms with Gasteiger partial charge in [-0.1, -0.05) is 0 Å². The third-order valence-electron chi connectivity index (χ3n) is 6.48. The number of fused-ring (bicyclic) bond motifs is 1. The SMILES string of the molecule is CCOC(=O)c1nc2c(n1CC)CN([C@H]1CO[C@H](c3cc(F)ccc3F)[C@@H](NC(=O)OC(C)(C)C)C1)C2. The predicted molar refractivity (Wildman–Crippen MR) is 130 cm³/mol. The molecule has 1 fully saturated rings. The number of esters is 1. The van der Waals surface area contributed by atoms with E-state index in [-0.39, 0.29) is 24.8 Å². The third-order valence-corrected chi connectivity index (χ3v) is 6.48. The van der Waals surface area contributed by atoms with Gasteiger partial charge in [0.1, 0.15) is 23.3 Å². The Labute approximate surface area is 215 Å². The largest absolute Gasteiger partial charge is 0.460 e. The molecule has 2 aliphatic heterocycles. The van der Waals surface area contributed by atoms with Crippen molar-refractivity contribution in [1.82, 2.24) is 19.8 Å². The molecule has 0 radical (unpaired) electrons. The molecule has 0 unspecified atom stereocenters. The smallest absolute Gasteiger partial charge is 0.407 e. The van der Waals surface area contributed by atoms with E-state index in [1.54, 1.807) is 27.7 Å². The number of alkyl carbamates (subject to hydrolysis) is 1. The minimum absolute atomic E-state index is 0.0439. The number of aromatic nitrogens is 2. The number of imidazole rings is 1. The number of rotatable bonds is 6. The minimum Gasteiger partial charge on any atom is -0.460 e. The zero-order chi connectivity index (χ0) is 26.9. The highest BCUT2D eigenvalue weighted by Crippen LogP contribution is 2.35. The van der Waals surface area contributed by atoms with E-state index in [4.69, 9.17) is 14.2 Å². The number of ether oxygens (including phenoxy) is 3. The Kier molecular flexibility index (Phi) is 7.84. The van der Waals surface area contributed by atoms with Crippen LogP contribution in [0.2, 0.25) is 0 Å². The third kappa shape index (κ3) is 5.93. The van der Waals surface area contributed by atoms with Crippen LogP contribution in [0.1, 0.15) is 74.7 Å². The lowest BCUT2D eigenvalue weighted by molar-refractivity contribution is -0.0630. The van der Waals surface area contributed by atoms with Crippen molar-refractivity contribution in [3.63, 3.8) is 0 Å². The van der Waals surface area contributed by atoms with E-state index in [1.165, 1.54) is 0 Å². The van der Waals surface area contributed by atoms with E-state index < -0.39 is 41.4 Å². The van der Waals surface area contributed by atoms with Crippen LogP contribution < -0.4 is 5.32 Å². The van der Waals surface area contributed by atoms with Gasteiger partial charge in [0.15, 0.2) is 0 Å². The van der Waals surface area contributed by atoms with Gasteiger partial charge in [-0.25, -0.2) is 23.4 Å². The number of nitrogens with one attached hydrogen (secondary N) is 1. The van der Waals surface area contributed by atoms with E-state index in [0.29, 0.717) is 31.9 Å². The standard InChI is InChI=1S/C26H34F2N4O5/c1-6-32-21-13-31(12-20(21)29-23(32)24(33)35-7-2)16-11-19(30-25(34)37-26(3,4)5)22(36-14-16)17-10-15(27)8-9-18(17)28/h8-10,16,19,22H,6-7,11-14H2,1-5H3,(H,30,34)/t16-,19+,22-/m1/s1. The molecule has 202 valence electrons. The number of nitrogens with zero attached hydrogens (tertiary/aromatic N) is 3. The monoisotopic (exact) mass is 520 g/mol. The maximum atomic E-state index is 14.7. The molecule has 2 aromatic rings. The second-order valence-electron chi connectivity index (χ2n) is 10.3. The summed E-state index contributed by atoms with van der Waals surface area (Å²) >= 11 is 0. The van der Waals surface area contributed by atoms with E-state index in [9.17, 15) is 18.4 Å². The summed E-state index contributed by atoms with van der Waals surface area (Å²) in [6.07, 6.45) is -1.13. The molecule has 0 spiro atoms. The summed E-state index contributed by atoms with van der Waals surface area (Å²) in [6, 6.07) is 2.39. The summed E-state index contributed by atoms with van der Waals surface area (Å²) in [6.45, 7) is 11.0. The van der Waals surface area contributed by atoms with Gasteiger partial charge in [0.25, 0.3) is 0 Å². The molecular weight excluding hydrogens is 486 g/mol. The van der Waals surface area contributed by atoms with E-state index in [1.807, 2.05) is 11.5 Å². The van der Waals surface area contributed by atoms with Crippen LogP contribution in [0, 0.1) is 11.6 Å². The molecule has 4 rings (SSSR count). The number of benzene rings is 1. The first kappa shape index (κ1) is 27.0. The van der Waals surface area contributed by atoms with Gasteiger partial charge in [-0.15, -0.1) is 0 Å². The summed E-state index contributed by atoms with van der Waals surface area (Å²) in [4.78, 5) is 31.7. The Morgan fingerprint density at radius 2 is 1.97 bits per heavy atom. The maximum Gasteiger partial charge on any atom is 0.407 e. The number of halogens is 2. The first-order valence-corrected chi connectivity index (χ1v) is 12.6. The molecule has 3 heterocycles. The Bertz CT molecular complexity index is 1160. The average Bonchev–Trinajstić information content (AvgIpc) is 3.37. The lowest BCUT2D eigenvalue weighted by Gasteiger charge is -2.40. The molecule has 37 heavy (non-hydrogen) atoms. The second kappa shape index (κ2) is 10.7. The summed E-state index contributed by atoms with van der Waals surface area (Å²) in [7, 11) is 0. The molecule has 3 atom stereocenters. The van der Waals surface area contributed by atoms with Crippen molar-refractivity contribution in [1.29, 1.82) is 0 Å². The van der Waals surface area contributed by atoms with Crippen LogP contribution in [0.15, 0.2) is 18.2 Å². The zero-order valence-corrected chi connectivity index (χ0v) is 21.8. The van der Waals surface area contributed by atoms with Crippen molar-refractivity contribution < 1.29 is 32.6 Å². The topological polar surface area (TPSA) is 94.9 Å². The number of amides is 1. The lowest BCUT2D eigenvalue weighted by atomic mass is 9.92. The fourth-order valence-corrected chi connectivity index (χ4v) is 4.93. The molecule has 0 saturated carbocycles. The van der Waals surface area contributed by atoms with Gasteiger partial charge in [-0.2, -0.15) is 0 Å². The lowest BCUT2D eigenvalue weighted by Crippen LogP contribution is -2.52. The normalized spacial score (nSPS) is 22.0. The van der Waals surface area contributed by atoms with Crippen molar-refractivity contribution in [3.05, 3.63) is 52.6 Å².